The number of rotatable bonds is 6. The van der Waals surface area contributed by atoms with Gasteiger partial charge in [0.2, 0.25) is 0 Å². The molecule has 0 aromatic carbocycles. The Balaban J connectivity index is 2.12. The molecule has 114 valence electrons. The van der Waals surface area contributed by atoms with Gasteiger partial charge in [0.1, 0.15) is 0 Å². The Morgan fingerprint density at radius 3 is 2.29 bits per heavy atom. The molecule has 0 amide bonds. The summed E-state index contributed by atoms with van der Waals surface area (Å²) in [5.41, 5.74) is 5.96. The zero-order chi connectivity index (χ0) is 15.4. The predicted molar refractivity (Wildman–Crippen MR) is 91.0 cm³/mol. The molecule has 0 saturated carbocycles. The molecule has 0 atom stereocenters. The minimum Gasteiger partial charge on any atom is -0.315 e. The Labute approximate surface area is 131 Å². The highest BCUT2D eigenvalue weighted by Gasteiger charge is 2.12. The maximum atomic E-state index is 4.73. The third-order valence-corrected chi connectivity index (χ3v) is 4.53. The molecule has 0 bridgehead atoms. The molecular formula is C17H25N3S. The summed E-state index contributed by atoms with van der Waals surface area (Å²) in [6, 6.07) is 0.549. The minimum absolute atomic E-state index is 0.549. The lowest BCUT2D eigenvalue weighted by Gasteiger charge is -2.12. The van der Waals surface area contributed by atoms with Gasteiger partial charge >= 0.3 is 0 Å². The van der Waals surface area contributed by atoms with Crippen LogP contribution < -0.4 is 5.32 Å². The second-order valence-electron chi connectivity index (χ2n) is 5.88. The third-order valence-electron chi connectivity index (χ3n) is 3.67. The summed E-state index contributed by atoms with van der Waals surface area (Å²) in [6.07, 6.45) is 2.17. The van der Waals surface area contributed by atoms with Gasteiger partial charge in [0.15, 0.2) is 5.82 Å². The fourth-order valence-electron chi connectivity index (χ4n) is 2.47. The molecule has 2 aromatic rings. The molecule has 4 heteroatoms. The maximum Gasteiger partial charge on any atom is 0.160 e. The van der Waals surface area contributed by atoms with Crippen molar-refractivity contribution >= 4 is 11.3 Å². The van der Waals surface area contributed by atoms with E-state index in [-0.39, 0.29) is 0 Å². The van der Waals surface area contributed by atoms with Crippen LogP contribution in [0.2, 0.25) is 0 Å². The van der Waals surface area contributed by atoms with Gasteiger partial charge in [0.05, 0.1) is 0 Å². The first-order valence-electron chi connectivity index (χ1n) is 7.59. The average molecular weight is 303 g/mol. The van der Waals surface area contributed by atoms with Crippen molar-refractivity contribution in [2.45, 2.75) is 53.5 Å². The molecule has 0 aliphatic heterocycles. The SMILES string of the molecule is Cc1cscc1-c1nc(C)c(CCCNC(C)C)c(C)n1. The van der Waals surface area contributed by atoms with E-state index in [2.05, 4.69) is 50.7 Å². The summed E-state index contributed by atoms with van der Waals surface area (Å²) >= 11 is 1.71. The number of thiophene rings is 1. The molecular weight excluding hydrogens is 278 g/mol. The van der Waals surface area contributed by atoms with Gasteiger partial charge in [-0.15, -0.1) is 0 Å². The molecule has 0 saturated heterocycles. The summed E-state index contributed by atoms with van der Waals surface area (Å²) in [5.74, 6) is 0.868. The van der Waals surface area contributed by atoms with Crippen LogP contribution in [0.5, 0.6) is 0 Å². The van der Waals surface area contributed by atoms with Crippen molar-refractivity contribution < 1.29 is 0 Å². The molecule has 2 aromatic heterocycles. The van der Waals surface area contributed by atoms with Crippen molar-refractivity contribution in [3.8, 4) is 11.4 Å². The zero-order valence-electron chi connectivity index (χ0n) is 13.7. The van der Waals surface area contributed by atoms with Gasteiger partial charge < -0.3 is 5.32 Å². The van der Waals surface area contributed by atoms with Crippen LogP contribution in [0.25, 0.3) is 11.4 Å². The summed E-state index contributed by atoms with van der Waals surface area (Å²) in [6.45, 7) is 11.7. The van der Waals surface area contributed by atoms with Gasteiger partial charge in [-0.1, -0.05) is 13.8 Å². The van der Waals surface area contributed by atoms with E-state index in [1.165, 1.54) is 16.7 Å². The first-order chi connectivity index (χ1) is 9.99. The maximum absolute atomic E-state index is 4.73. The van der Waals surface area contributed by atoms with E-state index in [1.54, 1.807) is 11.3 Å². The molecule has 0 radical (unpaired) electrons. The minimum atomic E-state index is 0.549. The van der Waals surface area contributed by atoms with Crippen molar-refractivity contribution in [1.82, 2.24) is 15.3 Å². The number of hydrogen-bond acceptors (Lipinski definition) is 4. The van der Waals surface area contributed by atoms with Crippen LogP contribution in [0.15, 0.2) is 10.8 Å². The van der Waals surface area contributed by atoms with Gasteiger partial charge in [0, 0.05) is 28.4 Å². The second-order valence-corrected chi connectivity index (χ2v) is 6.62. The van der Waals surface area contributed by atoms with Gasteiger partial charge in [-0.3, -0.25) is 0 Å². The van der Waals surface area contributed by atoms with E-state index in [9.17, 15) is 0 Å². The van der Waals surface area contributed by atoms with Crippen LogP contribution in [0.3, 0.4) is 0 Å². The number of aromatic nitrogens is 2. The summed E-state index contributed by atoms with van der Waals surface area (Å²) in [4.78, 5) is 9.45. The number of hydrogen-bond donors (Lipinski definition) is 1. The molecule has 0 unspecified atom stereocenters. The van der Waals surface area contributed by atoms with Crippen molar-refractivity contribution in [2.24, 2.45) is 0 Å². The van der Waals surface area contributed by atoms with Crippen molar-refractivity contribution in [1.29, 1.82) is 0 Å². The first kappa shape index (κ1) is 16.1. The zero-order valence-corrected chi connectivity index (χ0v) is 14.5. The Bertz CT molecular complexity index is 579. The Hall–Kier alpha value is -1.26. The quantitative estimate of drug-likeness (QED) is 0.818. The highest BCUT2D eigenvalue weighted by Crippen LogP contribution is 2.25. The summed E-state index contributed by atoms with van der Waals surface area (Å²) < 4.78 is 0. The van der Waals surface area contributed by atoms with Crippen LogP contribution in [0.1, 0.15) is 42.8 Å². The third kappa shape index (κ3) is 4.11. The fourth-order valence-corrected chi connectivity index (χ4v) is 3.29. The summed E-state index contributed by atoms with van der Waals surface area (Å²) in [7, 11) is 0. The largest absolute Gasteiger partial charge is 0.315 e. The van der Waals surface area contributed by atoms with Gasteiger partial charge in [0.25, 0.3) is 0 Å². The van der Waals surface area contributed by atoms with Gasteiger partial charge in [-0.2, -0.15) is 11.3 Å². The average Bonchev–Trinajstić information content (AvgIpc) is 2.82. The Morgan fingerprint density at radius 2 is 1.76 bits per heavy atom. The van der Waals surface area contributed by atoms with E-state index in [0.29, 0.717) is 6.04 Å². The van der Waals surface area contributed by atoms with Crippen molar-refractivity contribution in [2.75, 3.05) is 6.54 Å². The lowest BCUT2D eigenvalue weighted by molar-refractivity contribution is 0.569. The number of nitrogens with zero attached hydrogens (tertiary/aromatic N) is 2. The molecule has 0 fully saturated rings. The molecule has 21 heavy (non-hydrogen) atoms. The lowest BCUT2D eigenvalue weighted by atomic mass is 10.1. The Kier molecular flexibility index (Phi) is 5.48. The normalized spacial score (nSPS) is 11.3. The van der Waals surface area contributed by atoms with Crippen LogP contribution in [-0.4, -0.2) is 22.6 Å². The highest BCUT2D eigenvalue weighted by atomic mass is 32.1. The van der Waals surface area contributed by atoms with Crippen molar-refractivity contribution in [3.63, 3.8) is 0 Å². The van der Waals surface area contributed by atoms with E-state index in [4.69, 9.17) is 9.97 Å². The molecule has 2 rings (SSSR count). The van der Waals surface area contributed by atoms with E-state index >= 15 is 0 Å². The molecule has 1 N–H and O–H groups in total. The molecule has 0 aliphatic carbocycles. The number of nitrogens with one attached hydrogen (secondary N) is 1. The highest BCUT2D eigenvalue weighted by molar-refractivity contribution is 7.08. The van der Waals surface area contributed by atoms with Crippen molar-refractivity contribution in [3.05, 3.63) is 33.3 Å². The first-order valence-corrected chi connectivity index (χ1v) is 8.54. The van der Waals surface area contributed by atoms with Gasteiger partial charge in [-0.25, -0.2) is 9.97 Å². The number of aryl methyl sites for hydroxylation is 3. The topological polar surface area (TPSA) is 37.8 Å². The lowest BCUT2D eigenvalue weighted by Crippen LogP contribution is -2.24. The monoisotopic (exact) mass is 303 g/mol. The Morgan fingerprint density at radius 1 is 1.10 bits per heavy atom. The van der Waals surface area contributed by atoms with Crippen LogP contribution in [-0.2, 0) is 6.42 Å². The van der Waals surface area contributed by atoms with E-state index in [1.807, 2.05) is 0 Å². The molecule has 2 heterocycles. The second kappa shape index (κ2) is 7.14. The smallest absolute Gasteiger partial charge is 0.160 e. The molecule has 3 nitrogen and oxygen atoms in total. The van der Waals surface area contributed by atoms with Crippen LogP contribution >= 0.6 is 11.3 Å². The fraction of sp³-hybridized carbons (Fsp3) is 0.529. The molecule has 0 spiro atoms. The van der Waals surface area contributed by atoms with Crippen LogP contribution in [0, 0.1) is 20.8 Å². The summed E-state index contributed by atoms with van der Waals surface area (Å²) in [5, 5.41) is 7.74. The predicted octanol–water partition coefficient (Wildman–Crippen LogP) is 4.06. The molecule has 0 aliphatic rings. The van der Waals surface area contributed by atoms with Gasteiger partial charge in [-0.05, 0) is 56.7 Å². The van der Waals surface area contributed by atoms with E-state index in [0.717, 1.165) is 36.6 Å². The van der Waals surface area contributed by atoms with E-state index < -0.39 is 0 Å². The standard InChI is InChI=1S/C17H25N3S/c1-11(2)18-8-6-7-15-13(4)19-17(20-14(15)5)16-10-21-9-12(16)3/h9-11,18H,6-8H2,1-5H3. The van der Waals surface area contributed by atoms with Crippen LogP contribution in [0.4, 0.5) is 0 Å².